The summed E-state index contributed by atoms with van der Waals surface area (Å²) in [6, 6.07) is 22.0. The molecule has 10 nitrogen and oxygen atoms in total. The Morgan fingerprint density at radius 2 is 1.58 bits per heavy atom. The zero-order chi connectivity index (χ0) is 32.1. The number of ether oxygens (including phenoxy) is 4. The van der Waals surface area contributed by atoms with E-state index in [0.29, 0.717) is 27.4 Å². The van der Waals surface area contributed by atoms with Crippen molar-refractivity contribution in [2.45, 2.75) is 6.92 Å². The smallest absolute Gasteiger partial charge is 0.343 e. The Morgan fingerprint density at radius 1 is 0.867 bits per heavy atom. The van der Waals surface area contributed by atoms with E-state index in [1.165, 1.54) is 51.6 Å². The van der Waals surface area contributed by atoms with E-state index in [-0.39, 0.29) is 28.6 Å². The summed E-state index contributed by atoms with van der Waals surface area (Å²) in [6.45, 7) is 1.26. The van der Waals surface area contributed by atoms with Gasteiger partial charge in [0.2, 0.25) is 0 Å². The molecule has 0 saturated carbocycles. The van der Waals surface area contributed by atoms with E-state index in [2.05, 4.69) is 31.4 Å². The molecule has 1 amide bonds. The molecule has 0 spiro atoms. The molecule has 0 radical (unpaired) electrons. The minimum Gasteiger partial charge on any atom is -0.493 e. The second kappa shape index (κ2) is 13.7. The van der Waals surface area contributed by atoms with E-state index < -0.39 is 17.8 Å². The molecular weight excluding hydrogens is 666 g/mol. The van der Waals surface area contributed by atoms with Gasteiger partial charge < -0.3 is 23.9 Å². The van der Waals surface area contributed by atoms with Crippen LogP contribution >= 0.6 is 27.5 Å². The fourth-order valence-corrected chi connectivity index (χ4v) is 5.25. The average Bonchev–Trinajstić information content (AvgIpc) is 3.42. The summed E-state index contributed by atoms with van der Waals surface area (Å²) < 4.78 is 22.1. The lowest BCUT2D eigenvalue weighted by molar-refractivity contribution is -0.132. The van der Waals surface area contributed by atoms with E-state index in [9.17, 15) is 14.4 Å². The second-order valence-electron chi connectivity index (χ2n) is 9.48. The molecule has 0 bridgehead atoms. The predicted octanol–water partition coefficient (Wildman–Crippen LogP) is 7.18. The second-order valence-corrected chi connectivity index (χ2v) is 10.7. The average molecular weight is 691 g/mol. The first-order valence-corrected chi connectivity index (χ1v) is 14.5. The van der Waals surface area contributed by atoms with Crippen LogP contribution in [0.5, 0.6) is 23.0 Å². The summed E-state index contributed by atoms with van der Waals surface area (Å²) in [5.41, 5.74) is 5.67. The zero-order valence-electron chi connectivity index (χ0n) is 24.1. The molecule has 2 N–H and O–H groups in total. The molecular formula is C33H25BrClN3O7. The van der Waals surface area contributed by atoms with Crippen LogP contribution < -0.4 is 24.4 Å². The maximum absolute atomic E-state index is 13.3. The number of aromatic nitrogens is 1. The molecule has 0 aliphatic rings. The lowest BCUT2D eigenvalue weighted by Gasteiger charge is -2.12. The first kappa shape index (κ1) is 31.3. The van der Waals surface area contributed by atoms with E-state index in [1.54, 1.807) is 18.2 Å². The van der Waals surface area contributed by atoms with Crippen LogP contribution in [-0.4, -0.2) is 43.3 Å². The lowest BCUT2D eigenvalue weighted by atomic mass is 10.0. The van der Waals surface area contributed by atoms with Gasteiger partial charge in [0, 0.05) is 32.9 Å². The number of H-pyrrole nitrogens is 1. The van der Waals surface area contributed by atoms with Crippen molar-refractivity contribution >= 4 is 62.5 Å². The van der Waals surface area contributed by atoms with Gasteiger partial charge in [-0.3, -0.25) is 9.59 Å². The van der Waals surface area contributed by atoms with Crippen LogP contribution in [0.25, 0.3) is 22.0 Å². The Bertz CT molecular complexity index is 1970. The van der Waals surface area contributed by atoms with E-state index in [0.717, 1.165) is 15.4 Å². The van der Waals surface area contributed by atoms with Gasteiger partial charge in [0.05, 0.1) is 31.5 Å². The normalized spacial score (nSPS) is 11.0. The number of aromatic amines is 1. The van der Waals surface area contributed by atoms with Crippen molar-refractivity contribution in [1.29, 1.82) is 0 Å². The predicted molar refractivity (Wildman–Crippen MR) is 174 cm³/mol. The number of methoxy groups -OCH3 is 2. The maximum atomic E-state index is 13.3. The number of amides is 1. The van der Waals surface area contributed by atoms with E-state index in [4.69, 9.17) is 30.5 Å². The van der Waals surface area contributed by atoms with Crippen LogP contribution in [-0.2, 0) is 4.79 Å². The Morgan fingerprint density at radius 3 is 2.31 bits per heavy atom. The van der Waals surface area contributed by atoms with Crippen LogP contribution in [0, 0.1) is 0 Å². The maximum Gasteiger partial charge on any atom is 0.343 e. The molecule has 0 aliphatic carbocycles. The quantitative estimate of drug-likeness (QED) is 0.0726. The Labute approximate surface area is 271 Å². The molecule has 1 aromatic heterocycles. The first-order chi connectivity index (χ1) is 21.7. The molecule has 0 saturated heterocycles. The highest BCUT2D eigenvalue weighted by atomic mass is 79.9. The largest absolute Gasteiger partial charge is 0.493 e. The third-order valence-corrected chi connectivity index (χ3v) is 7.57. The van der Waals surface area contributed by atoms with Crippen molar-refractivity contribution < 1.29 is 33.3 Å². The number of fused-ring (bicyclic) bond motifs is 1. The van der Waals surface area contributed by atoms with E-state index >= 15 is 0 Å². The van der Waals surface area contributed by atoms with Gasteiger partial charge in [0.1, 0.15) is 5.69 Å². The molecule has 0 aliphatic heterocycles. The number of rotatable bonds is 9. The highest BCUT2D eigenvalue weighted by Crippen LogP contribution is 2.39. The van der Waals surface area contributed by atoms with Crippen LogP contribution in [0.15, 0.2) is 88.4 Å². The van der Waals surface area contributed by atoms with Gasteiger partial charge in [0.25, 0.3) is 5.91 Å². The van der Waals surface area contributed by atoms with Gasteiger partial charge in [-0.25, -0.2) is 10.2 Å². The summed E-state index contributed by atoms with van der Waals surface area (Å²) in [5.74, 6) is -0.912. The molecule has 0 fully saturated rings. The zero-order valence-corrected chi connectivity index (χ0v) is 26.5. The lowest BCUT2D eigenvalue weighted by Crippen LogP contribution is -2.19. The topological polar surface area (TPSA) is 128 Å². The summed E-state index contributed by atoms with van der Waals surface area (Å²) in [4.78, 5) is 40.7. The van der Waals surface area contributed by atoms with Crippen molar-refractivity contribution in [3.8, 4) is 34.1 Å². The van der Waals surface area contributed by atoms with Gasteiger partial charge in [-0.05, 0) is 70.0 Å². The molecule has 4 aromatic carbocycles. The number of nitrogens with zero attached hydrogens (tertiary/aromatic N) is 1. The summed E-state index contributed by atoms with van der Waals surface area (Å²) >= 11 is 10.1. The Balaban J connectivity index is 1.34. The highest BCUT2D eigenvalue weighted by Gasteiger charge is 2.22. The van der Waals surface area contributed by atoms with Crippen LogP contribution in [0.1, 0.15) is 33.3 Å². The monoisotopic (exact) mass is 689 g/mol. The van der Waals surface area contributed by atoms with Crippen molar-refractivity contribution in [1.82, 2.24) is 10.4 Å². The fourth-order valence-electron chi connectivity index (χ4n) is 4.56. The minimum absolute atomic E-state index is 0.153. The molecule has 12 heteroatoms. The van der Waals surface area contributed by atoms with Crippen molar-refractivity contribution in [2.24, 2.45) is 5.10 Å². The summed E-state index contributed by atoms with van der Waals surface area (Å²) in [6.07, 6.45) is 1.43. The number of halogens is 2. The van der Waals surface area contributed by atoms with Crippen LogP contribution in [0.3, 0.4) is 0 Å². The molecule has 0 atom stereocenters. The standard InChI is InChI=1S/C33H25BrClN3O7/c1-18(39)44-25-14-12-20(16-28(25)43-3)33(41)45-26-13-11-19(15-27(26)42-2)17-36-38-32(40)31-29(21-7-4-5-10-24(21)35)22-8-6-9-23(34)30(22)37-31/h4-17,37H,1-3H3,(H,38,40). The molecule has 5 rings (SSSR count). The Hall–Kier alpha value is -5.13. The van der Waals surface area contributed by atoms with E-state index in [1.807, 2.05) is 36.4 Å². The number of hydrogen-bond acceptors (Lipinski definition) is 8. The van der Waals surface area contributed by atoms with Gasteiger partial charge in [0.15, 0.2) is 23.0 Å². The molecule has 1 heterocycles. The third kappa shape index (κ3) is 6.84. The number of benzene rings is 4. The molecule has 5 aromatic rings. The number of para-hydroxylation sites is 1. The number of hydrazone groups is 1. The minimum atomic E-state index is -0.686. The van der Waals surface area contributed by atoms with Crippen molar-refractivity contribution in [2.75, 3.05) is 14.2 Å². The van der Waals surface area contributed by atoms with Gasteiger partial charge in [-0.2, -0.15) is 5.10 Å². The van der Waals surface area contributed by atoms with Crippen LogP contribution in [0.2, 0.25) is 5.02 Å². The number of esters is 2. The number of nitrogens with one attached hydrogen (secondary N) is 2. The summed E-state index contributed by atoms with van der Waals surface area (Å²) in [7, 11) is 2.82. The van der Waals surface area contributed by atoms with Gasteiger partial charge in [-0.15, -0.1) is 0 Å². The highest BCUT2D eigenvalue weighted by molar-refractivity contribution is 9.10. The third-order valence-electron chi connectivity index (χ3n) is 6.58. The van der Waals surface area contributed by atoms with Gasteiger partial charge >= 0.3 is 11.9 Å². The number of carbonyl (C=O) groups is 3. The molecule has 0 unspecified atom stereocenters. The van der Waals surface area contributed by atoms with Crippen LogP contribution in [0.4, 0.5) is 0 Å². The first-order valence-electron chi connectivity index (χ1n) is 13.3. The molecule has 45 heavy (non-hydrogen) atoms. The number of carbonyl (C=O) groups excluding carboxylic acids is 3. The summed E-state index contributed by atoms with van der Waals surface area (Å²) in [5, 5.41) is 5.45. The van der Waals surface area contributed by atoms with Crippen molar-refractivity contribution in [3.63, 3.8) is 0 Å². The Kier molecular flexibility index (Phi) is 9.50. The fraction of sp³-hybridized carbons (Fsp3) is 0.0909. The molecule has 228 valence electrons. The van der Waals surface area contributed by atoms with Gasteiger partial charge in [-0.1, -0.05) is 41.9 Å². The number of hydrogen-bond donors (Lipinski definition) is 2. The van der Waals surface area contributed by atoms with Crippen molar-refractivity contribution in [3.05, 3.63) is 105 Å². The SMILES string of the molecule is COc1cc(C(=O)Oc2ccc(C=NNC(=O)c3[nH]c4c(Br)cccc4c3-c3ccccc3Cl)cc2OC)ccc1OC(C)=O.